The number of rotatable bonds is 3. The van der Waals surface area contributed by atoms with Gasteiger partial charge < -0.3 is 5.11 Å². The number of nitrogens with zero attached hydrogens (tertiary/aromatic N) is 1. The largest absolute Gasteiger partial charge is 0.389 e. The van der Waals surface area contributed by atoms with Crippen LogP contribution in [0.25, 0.3) is 0 Å². The maximum absolute atomic E-state index is 12.3. The fraction of sp³-hybridized carbons (Fsp3) is 0.636. The molecule has 1 aromatic heterocycles. The summed E-state index contributed by atoms with van der Waals surface area (Å²) in [6, 6.07) is 3.51. The lowest BCUT2D eigenvalue weighted by Gasteiger charge is -2.17. The first-order chi connectivity index (χ1) is 7.85. The van der Waals surface area contributed by atoms with E-state index in [1.807, 2.05) is 13.0 Å². The molecule has 1 aliphatic rings. The third kappa shape index (κ3) is 2.54. The minimum atomic E-state index is -3.41. The van der Waals surface area contributed by atoms with Crippen LogP contribution in [-0.2, 0) is 16.4 Å². The van der Waals surface area contributed by atoms with Crippen molar-refractivity contribution in [3.8, 4) is 0 Å². The highest BCUT2D eigenvalue weighted by molar-refractivity contribution is 7.91. The van der Waals surface area contributed by atoms with Gasteiger partial charge in [0.15, 0.2) is 0 Å². The molecule has 0 aromatic carbocycles. The third-order valence-electron chi connectivity index (χ3n) is 3.00. The van der Waals surface area contributed by atoms with Gasteiger partial charge in [0, 0.05) is 18.0 Å². The first kappa shape index (κ1) is 13.0. The van der Waals surface area contributed by atoms with Crippen molar-refractivity contribution in [2.24, 2.45) is 0 Å². The average Bonchev–Trinajstić information content (AvgIpc) is 2.84. The molecule has 96 valence electrons. The van der Waals surface area contributed by atoms with Gasteiger partial charge in [-0.3, -0.25) is 0 Å². The topological polar surface area (TPSA) is 57.6 Å². The summed E-state index contributed by atoms with van der Waals surface area (Å²) in [6.45, 7) is 4.26. The van der Waals surface area contributed by atoms with Crippen molar-refractivity contribution in [2.75, 3.05) is 13.1 Å². The number of thiophene rings is 1. The molecule has 0 amide bonds. The highest BCUT2D eigenvalue weighted by Crippen LogP contribution is 2.30. The SMILES string of the molecule is CCc1ccc(S(=O)(=O)N2CCC(C)(O)C2)s1. The molecule has 0 aliphatic carbocycles. The number of sulfonamides is 1. The molecule has 0 bridgehead atoms. The molecule has 6 heteroatoms. The molecule has 1 fully saturated rings. The lowest BCUT2D eigenvalue weighted by atomic mass is 10.1. The number of aliphatic hydroxyl groups is 1. The van der Waals surface area contributed by atoms with Crippen molar-refractivity contribution in [3.63, 3.8) is 0 Å². The van der Waals surface area contributed by atoms with E-state index in [-0.39, 0.29) is 6.54 Å². The second kappa shape index (κ2) is 4.35. The van der Waals surface area contributed by atoms with E-state index in [0.29, 0.717) is 17.2 Å². The molecule has 1 N–H and O–H groups in total. The standard InChI is InChI=1S/C11H17NO3S2/c1-3-9-4-5-10(16-9)17(14,15)12-7-6-11(2,13)8-12/h4-5,13H,3,6-8H2,1-2H3. The highest BCUT2D eigenvalue weighted by Gasteiger charge is 2.38. The lowest BCUT2D eigenvalue weighted by Crippen LogP contribution is -2.33. The Hall–Kier alpha value is -0.430. The Morgan fingerprint density at radius 2 is 2.24 bits per heavy atom. The van der Waals surface area contributed by atoms with E-state index in [4.69, 9.17) is 0 Å². The van der Waals surface area contributed by atoms with Gasteiger partial charge in [-0.05, 0) is 31.9 Å². The van der Waals surface area contributed by atoms with Crippen LogP contribution in [0.5, 0.6) is 0 Å². The zero-order valence-electron chi connectivity index (χ0n) is 10.0. The fourth-order valence-electron chi connectivity index (χ4n) is 1.92. The second-order valence-electron chi connectivity index (χ2n) is 4.66. The number of hydrogen-bond acceptors (Lipinski definition) is 4. The maximum Gasteiger partial charge on any atom is 0.252 e. The first-order valence-corrected chi connectivity index (χ1v) is 7.92. The van der Waals surface area contributed by atoms with Gasteiger partial charge in [-0.2, -0.15) is 4.31 Å². The minimum absolute atomic E-state index is 0.189. The summed E-state index contributed by atoms with van der Waals surface area (Å²) in [5.74, 6) is 0. The van der Waals surface area contributed by atoms with E-state index in [1.54, 1.807) is 13.0 Å². The second-order valence-corrected chi connectivity index (χ2v) is 7.99. The Morgan fingerprint density at radius 3 is 2.71 bits per heavy atom. The zero-order chi connectivity index (χ0) is 12.7. The van der Waals surface area contributed by atoms with Gasteiger partial charge in [0.05, 0.1) is 5.60 Å². The van der Waals surface area contributed by atoms with Crippen molar-refractivity contribution in [3.05, 3.63) is 17.0 Å². The van der Waals surface area contributed by atoms with Gasteiger partial charge in [-0.15, -0.1) is 11.3 Å². The predicted molar refractivity (Wildman–Crippen MR) is 67.7 cm³/mol. The summed E-state index contributed by atoms with van der Waals surface area (Å²) in [4.78, 5) is 1.06. The van der Waals surface area contributed by atoms with Crippen LogP contribution in [-0.4, -0.2) is 36.5 Å². The van der Waals surface area contributed by atoms with Crippen molar-refractivity contribution < 1.29 is 13.5 Å². The molecule has 0 spiro atoms. The van der Waals surface area contributed by atoms with Gasteiger partial charge in [0.2, 0.25) is 0 Å². The van der Waals surface area contributed by atoms with E-state index in [9.17, 15) is 13.5 Å². The van der Waals surface area contributed by atoms with Crippen molar-refractivity contribution in [2.45, 2.75) is 36.5 Å². The van der Waals surface area contributed by atoms with Crippen LogP contribution in [0.3, 0.4) is 0 Å². The smallest absolute Gasteiger partial charge is 0.252 e. The lowest BCUT2D eigenvalue weighted by molar-refractivity contribution is 0.0762. The third-order valence-corrected chi connectivity index (χ3v) is 6.54. The van der Waals surface area contributed by atoms with Crippen molar-refractivity contribution in [1.82, 2.24) is 4.31 Å². The Kier molecular flexibility index (Phi) is 3.33. The Balaban J connectivity index is 2.25. The molecule has 1 unspecified atom stereocenters. The molecule has 1 aromatic rings. The van der Waals surface area contributed by atoms with E-state index >= 15 is 0 Å². The molecule has 1 saturated heterocycles. The molecular formula is C11H17NO3S2. The summed E-state index contributed by atoms with van der Waals surface area (Å²) < 4.78 is 26.3. The summed E-state index contributed by atoms with van der Waals surface area (Å²) >= 11 is 1.32. The monoisotopic (exact) mass is 275 g/mol. The normalized spacial score (nSPS) is 26.5. The van der Waals surface area contributed by atoms with E-state index in [1.165, 1.54) is 15.6 Å². The van der Waals surface area contributed by atoms with Crippen LogP contribution in [0.4, 0.5) is 0 Å². The van der Waals surface area contributed by atoms with Crippen LogP contribution in [0.15, 0.2) is 16.3 Å². The maximum atomic E-state index is 12.3. The summed E-state index contributed by atoms with van der Waals surface area (Å²) in [5, 5.41) is 9.82. The molecule has 0 radical (unpaired) electrons. The molecule has 1 atom stereocenters. The van der Waals surface area contributed by atoms with Crippen LogP contribution < -0.4 is 0 Å². The molecule has 2 rings (SSSR count). The van der Waals surface area contributed by atoms with Gasteiger partial charge in [-0.1, -0.05) is 6.92 Å². The Bertz CT molecular complexity index is 505. The van der Waals surface area contributed by atoms with Gasteiger partial charge in [0.25, 0.3) is 10.0 Å². The molecule has 2 heterocycles. The number of aryl methyl sites for hydroxylation is 1. The quantitative estimate of drug-likeness (QED) is 0.908. The number of hydrogen-bond donors (Lipinski definition) is 1. The van der Waals surface area contributed by atoms with E-state index < -0.39 is 15.6 Å². The highest BCUT2D eigenvalue weighted by atomic mass is 32.2. The van der Waals surface area contributed by atoms with Crippen LogP contribution in [0.1, 0.15) is 25.1 Å². The van der Waals surface area contributed by atoms with Crippen molar-refractivity contribution >= 4 is 21.4 Å². The van der Waals surface area contributed by atoms with Crippen LogP contribution >= 0.6 is 11.3 Å². The predicted octanol–water partition coefficient (Wildman–Crippen LogP) is 1.46. The van der Waals surface area contributed by atoms with Gasteiger partial charge in [0.1, 0.15) is 4.21 Å². The van der Waals surface area contributed by atoms with E-state index in [0.717, 1.165) is 11.3 Å². The Labute approximate surface area is 106 Å². The molecule has 1 aliphatic heterocycles. The first-order valence-electron chi connectivity index (χ1n) is 5.66. The Morgan fingerprint density at radius 1 is 1.53 bits per heavy atom. The fourth-order valence-corrected chi connectivity index (χ4v) is 4.93. The number of β-amino-alcohol motifs (C(OH)–C–C–N with tert-alkyl or cyclic N) is 1. The summed E-state index contributed by atoms with van der Waals surface area (Å²) in [5.41, 5.74) is -0.891. The van der Waals surface area contributed by atoms with Gasteiger partial charge in [-0.25, -0.2) is 8.42 Å². The van der Waals surface area contributed by atoms with Crippen LogP contribution in [0.2, 0.25) is 0 Å². The van der Waals surface area contributed by atoms with Gasteiger partial charge >= 0.3 is 0 Å². The zero-order valence-corrected chi connectivity index (χ0v) is 11.6. The minimum Gasteiger partial charge on any atom is -0.389 e. The molecule has 0 saturated carbocycles. The summed E-state index contributed by atoms with van der Waals surface area (Å²) in [6.07, 6.45) is 1.34. The molecular weight excluding hydrogens is 258 g/mol. The average molecular weight is 275 g/mol. The van der Waals surface area contributed by atoms with E-state index in [2.05, 4.69) is 0 Å². The van der Waals surface area contributed by atoms with Crippen LogP contribution in [0, 0.1) is 0 Å². The summed E-state index contributed by atoms with van der Waals surface area (Å²) in [7, 11) is -3.41. The molecule has 17 heavy (non-hydrogen) atoms. The molecule has 4 nitrogen and oxygen atoms in total. The van der Waals surface area contributed by atoms with Crippen molar-refractivity contribution in [1.29, 1.82) is 0 Å².